The van der Waals surface area contributed by atoms with Crippen LogP contribution >= 0.6 is 15.9 Å². The first-order valence-electron chi connectivity index (χ1n) is 6.40. The molecular formula is C17H15BrO2. The van der Waals surface area contributed by atoms with E-state index in [-0.39, 0.29) is 0 Å². The first-order chi connectivity index (χ1) is 9.61. The van der Waals surface area contributed by atoms with Crippen LogP contribution in [0.3, 0.4) is 0 Å². The molecule has 0 bridgehead atoms. The molecular weight excluding hydrogens is 316 g/mol. The summed E-state index contributed by atoms with van der Waals surface area (Å²) in [6.07, 6.45) is 2.63. The second-order valence-electron chi connectivity index (χ2n) is 4.44. The number of hydrogen-bond donors (Lipinski definition) is 1. The van der Waals surface area contributed by atoms with E-state index in [1.165, 1.54) is 5.56 Å². The van der Waals surface area contributed by atoms with Crippen LogP contribution in [0.15, 0.2) is 53.0 Å². The van der Waals surface area contributed by atoms with Crippen LogP contribution < -0.4 is 0 Å². The Morgan fingerprint density at radius 1 is 1.15 bits per heavy atom. The normalized spacial score (nSPS) is 11.4. The summed E-state index contributed by atoms with van der Waals surface area (Å²) in [5.74, 6) is -0.926. The standard InChI is InChI=1S/C17H15BrO2/c1-2-12-7-9-13(10-8-12)15(17(19)20)11-14-5-3-4-6-16(14)18/h3-11H,2H2,1H3,(H,19,20)/b15-11-. The Morgan fingerprint density at radius 3 is 2.35 bits per heavy atom. The van der Waals surface area contributed by atoms with Gasteiger partial charge in [0.15, 0.2) is 0 Å². The Balaban J connectivity index is 2.46. The summed E-state index contributed by atoms with van der Waals surface area (Å²) >= 11 is 3.43. The van der Waals surface area contributed by atoms with Crippen molar-refractivity contribution in [3.05, 3.63) is 69.7 Å². The van der Waals surface area contributed by atoms with Gasteiger partial charge in [0.05, 0.1) is 5.57 Å². The molecule has 0 aromatic heterocycles. The second-order valence-corrected chi connectivity index (χ2v) is 5.29. The van der Waals surface area contributed by atoms with Gasteiger partial charge >= 0.3 is 5.97 Å². The van der Waals surface area contributed by atoms with Crippen LogP contribution in [0.25, 0.3) is 11.6 Å². The highest BCUT2D eigenvalue weighted by molar-refractivity contribution is 9.10. The van der Waals surface area contributed by atoms with Crippen LogP contribution in [0.1, 0.15) is 23.6 Å². The minimum atomic E-state index is -0.926. The number of rotatable bonds is 4. The summed E-state index contributed by atoms with van der Waals surface area (Å²) in [6.45, 7) is 2.07. The summed E-state index contributed by atoms with van der Waals surface area (Å²) < 4.78 is 0.879. The molecule has 0 heterocycles. The molecule has 0 radical (unpaired) electrons. The van der Waals surface area contributed by atoms with Crippen molar-refractivity contribution in [2.75, 3.05) is 0 Å². The fourth-order valence-electron chi connectivity index (χ4n) is 1.94. The van der Waals surface area contributed by atoms with Gasteiger partial charge in [-0.3, -0.25) is 0 Å². The summed E-state index contributed by atoms with van der Waals surface area (Å²) in [7, 11) is 0. The zero-order valence-electron chi connectivity index (χ0n) is 11.1. The number of halogens is 1. The van der Waals surface area contributed by atoms with Crippen LogP contribution in [0, 0.1) is 0 Å². The fourth-order valence-corrected chi connectivity index (χ4v) is 2.34. The van der Waals surface area contributed by atoms with Gasteiger partial charge in [0, 0.05) is 4.47 Å². The number of carboxylic acids is 1. The summed E-state index contributed by atoms with van der Waals surface area (Å²) in [6, 6.07) is 15.2. The number of carboxylic acid groups (broad SMARTS) is 1. The van der Waals surface area contributed by atoms with E-state index in [4.69, 9.17) is 0 Å². The van der Waals surface area contributed by atoms with Gasteiger partial charge in [0.25, 0.3) is 0 Å². The Kier molecular flexibility index (Phi) is 4.74. The van der Waals surface area contributed by atoms with Gasteiger partial charge in [-0.15, -0.1) is 0 Å². The lowest BCUT2D eigenvalue weighted by atomic mass is 10.0. The summed E-state index contributed by atoms with van der Waals surface area (Å²) in [5, 5.41) is 9.42. The molecule has 0 spiro atoms. The lowest BCUT2D eigenvalue weighted by Gasteiger charge is -2.05. The Bertz CT molecular complexity index is 642. The van der Waals surface area contributed by atoms with E-state index in [0.717, 1.165) is 16.5 Å². The molecule has 0 unspecified atom stereocenters. The predicted molar refractivity (Wildman–Crippen MR) is 85.5 cm³/mol. The van der Waals surface area contributed by atoms with Crippen molar-refractivity contribution in [1.82, 2.24) is 0 Å². The summed E-state index contributed by atoms with van der Waals surface area (Å²) in [4.78, 5) is 11.5. The van der Waals surface area contributed by atoms with E-state index in [9.17, 15) is 9.90 Å². The first kappa shape index (κ1) is 14.5. The molecule has 1 N–H and O–H groups in total. The van der Waals surface area contributed by atoms with Crippen molar-refractivity contribution < 1.29 is 9.90 Å². The van der Waals surface area contributed by atoms with E-state index in [2.05, 4.69) is 22.9 Å². The third-order valence-electron chi connectivity index (χ3n) is 3.11. The van der Waals surface area contributed by atoms with Crippen LogP contribution in [0.5, 0.6) is 0 Å². The highest BCUT2D eigenvalue weighted by atomic mass is 79.9. The van der Waals surface area contributed by atoms with E-state index in [1.54, 1.807) is 6.08 Å². The third-order valence-corrected chi connectivity index (χ3v) is 3.83. The number of carbonyl (C=O) groups is 1. The van der Waals surface area contributed by atoms with Crippen molar-refractivity contribution in [3.63, 3.8) is 0 Å². The minimum absolute atomic E-state index is 0.291. The highest BCUT2D eigenvalue weighted by Gasteiger charge is 2.11. The minimum Gasteiger partial charge on any atom is -0.478 e. The van der Waals surface area contributed by atoms with Gasteiger partial charge in [-0.05, 0) is 35.3 Å². The van der Waals surface area contributed by atoms with Crippen LogP contribution in [0.4, 0.5) is 0 Å². The topological polar surface area (TPSA) is 37.3 Å². The van der Waals surface area contributed by atoms with Gasteiger partial charge in [-0.1, -0.05) is 65.3 Å². The average Bonchev–Trinajstić information content (AvgIpc) is 2.46. The first-order valence-corrected chi connectivity index (χ1v) is 7.20. The van der Waals surface area contributed by atoms with Gasteiger partial charge in [-0.2, -0.15) is 0 Å². The monoisotopic (exact) mass is 330 g/mol. The van der Waals surface area contributed by atoms with Crippen LogP contribution in [-0.2, 0) is 11.2 Å². The van der Waals surface area contributed by atoms with Gasteiger partial charge in [0.2, 0.25) is 0 Å². The third kappa shape index (κ3) is 3.36. The van der Waals surface area contributed by atoms with Crippen molar-refractivity contribution in [1.29, 1.82) is 0 Å². The Hall–Kier alpha value is -1.87. The molecule has 2 nitrogen and oxygen atoms in total. The molecule has 3 heteroatoms. The number of aryl methyl sites for hydroxylation is 1. The number of benzene rings is 2. The molecule has 2 rings (SSSR count). The number of hydrogen-bond acceptors (Lipinski definition) is 1. The highest BCUT2D eigenvalue weighted by Crippen LogP contribution is 2.24. The van der Waals surface area contributed by atoms with Gasteiger partial charge in [-0.25, -0.2) is 4.79 Å². The molecule has 102 valence electrons. The number of aliphatic carboxylic acids is 1. The van der Waals surface area contributed by atoms with Crippen LogP contribution in [-0.4, -0.2) is 11.1 Å². The predicted octanol–water partition coefficient (Wildman–Crippen LogP) is 4.64. The molecule has 0 saturated heterocycles. The molecule has 0 aliphatic rings. The largest absolute Gasteiger partial charge is 0.478 e. The molecule has 0 atom stereocenters. The van der Waals surface area contributed by atoms with E-state index >= 15 is 0 Å². The maximum atomic E-state index is 11.5. The van der Waals surface area contributed by atoms with E-state index in [1.807, 2.05) is 48.5 Å². The second kappa shape index (κ2) is 6.53. The van der Waals surface area contributed by atoms with Crippen molar-refractivity contribution in [3.8, 4) is 0 Å². The molecule has 2 aromatic rings. The fraction of sp³-hybridized carbons (Fsp3) is 0.118. The van der Waals surface area contributed by atoms with Crippen molar-refractivity contribution in [2.45, 2.75) is 13.3 Å². The molecule has 0 aliphatic carbocycles. The molecule has 20 heavy (non-hydrogen) atoms. The lowest BCUT2D eigenvalue weighted by Crippen LogP contribution is -2.00. The lowest BCUT2D eigenvalue weighted by molar-refractivity contribution is -0.130. The Morgan fingerprint density at radius 2 is 1.80 bits per heavy atom. The quantitative estimate of drug-likeness (QED) is 0.655. The molecule has 0 saturated carbocycles. The molecule has 0 aliphatic heterocycles. The van der Waals surface area contributed by atoms with E-state index in [0.29, 0.717) is 11.1 Å². The molecule has 0 amide bonds. The van der Waals surface area contributed by atoms with Crippen LogP contribution in [0.2, 0.25) is 0 Å². The molecule has 0 fully saturated rings. The molecule has 2 aromatic carbocycles. The maximum Gasteiger partial charge on any atom is 0.336 e. The summed E-state index contributed by atoms with van der Waals surface area (Å²) in [5.41, 5.74) is 3.05. The van der Waals surface area contributed by atoms with E-state index < -0.39 is 5.97 Å². The van der Waals surface area contributed by atoms with Gasteiger partial charge < -0.3 is 5.11 Å². The van der Waals surface area contributed by atoms with Crippen molar-refractivity contribution >= 4 is 33.5 Å². The maximum absolute atomic E-state index is 11.5. The smallest absolute Gasteiger partial charge is 0.336 e. The zero-order chi connectivity index (χ0) is 14.5. The zero-order valence-corrected chi connectivity index (χ0v) is 12.7. The SMILES string of the molecule is CCc1ccc(/C(=C/c2ccccc2Br)C(=O)O)cc1. The van der Waals surface area contributed by atoms with Gasteiger partial charge in [0.1, 0.15) is 0 Å². The van der Waals surface area contributed by atoms with Crippen molar-refractivity contribution in [2.24, 2.45) is 0 Å². The Labute approximate surface area is 126 Å². The average molecular weight is 331 g/mol.